The minimum absolute atomic E-state index is 0.0958. The van der Waals surface area contributed by atoms with Crippen LogP contribution >= 0.6 is 0 Å². The second-order valence-corrected chi connectivity index (χ2v) is 4.99. The number of nitrogens with one attached hydrogen (secondary N) is 2. The molecule has 0 saturated carbocycles. The third kappa shape index (κ3) is 6.54. The maximum Gasteiger partial charge on any atom is 0.217 e. The van der Waals surface area contributed by atoms with Crippen molar-refractivity contribution in [2.45, 2.75) is 46.1 Å². The molecule has 0 aliphatic rings. The molecular formula is C15H24N2O3. The van der Waals surface area contributed by atoms with Crippen LogP contribution in [0, 0.1) is 0 Å². The number of hydrogen-bond donors (Lipinski definition) is 3. The van der Waals surface area contributed by atoms with Crippen LogP contribution in [0.3, 0.4) is 0 Å². The highest BCUT2D eigenvalue weighted by atomic mass is 16.6. The van der Waals surface area contributed by atoms with Crippen molar-refractivity contribution in [3.05, 3.63) is 29.8 Å². The Morgan fingerprint density at radius 2 is 2.05 bits per heavy atom. The molecule has 112 valence electrons. The van der Waals surface area contributed by atoms with Gasteiger partial charge in [-0.1, -0.05) is 32.0 Å². The van der Waals surface area contributed by atoms with Gasteiger partial charge in [0.2, 0.25) is 5.91 Å². The minimum Gasteiger partial charge on any atom is -0.465 e. The summed E-state index contributed by atoms with van der Waals surface area (Å²) in [4.78, 5) is 10.9. The summed E-state index contributed by atoms with van der Waals surface area (Å²) in [5.74, 6) is 0.500. The molecule has 1 amide bonds. The van der Waals surface area contributed by atoms with Crippen LogP contribution in [-0.2, 0) is 11.3 Å². The van der Waals surface area contributed by atoms with Crippen molar-refractivity contribution in [2.24, 2.45) is 0 Å². The molecule has 0 radical (unpaired) electrons. The predicted octanol–water partition coefficient (Wildman–Crippen LogP) is 1.41. The van der Waals surface area contributed by atoms with E-state index in [9.17, 15) is 9.90 Å². The largest absolute Gasteiger partial charge is 0.465 e. The molecule has 1 atom stereocenters. The highest BCUT2D eigenvalue weighted by Gasteiger charge is 2.09. The number of aliphatic hydroxyl groups is 1. The number of amides is 1. The van der Waals surface area contributed by atoms with Crippen LogP contribution in [0.15, 0.2) is 24.3 Å². The average Bonchev–Trinajstić information content (AvgIpc) is 2.37. The summed E-state index contributed by atoms with van der Waals surface area (Å²) in [6, 6.07) is 7.75. The molecule has 0 spiro atoms. The van der Waals surface area contributed by atoms with Gasteiger partial charge in [0.15, 0.2) is 6.29 Å². The van der Waals surface area contributed by atoms with Crippen molar-refractivity contribution < 1.29 is 14.6 Å². The van der Waals surface area contributed by atoms with Gasteiger partial charge in [0.05, 0.1) is 0 Å². The average molecular weight is 280 g/mol. The lowest BCUT2D eigenvalue weighted by Gasteiger charge is -2.17. The van der Waals surface area contributed by atoms with Gasteiger partial charge >= 0.3 is 0 Å². The Bertz CT molecular complexity index is 421. The van der Waals surface area contributed by atoms with E-state index in [-0.39, 0.29) is 5.91 Å². The van der Waals surface area contributed by atoms with Crippen molar-refractivity contribution in [3.63, 3.8) is 0 Å². The van der Waals surface area contributed by atoms with E-state index in [1.165, 1.54) is 6.92 Å². The zero-order chi connectivity index (χ0) is 15.0. The van der Waals surface area contributed by atoms with E-state index in [1.54, 1.807) is 6.07 Å². The Labute approximate surface area is 120 Å². The van der Waals surface area contributed by atoms with Gasteiger partial charge in [-0.25, -0.2) is 0 Å². The molecule has 1 aromatic carbocycles. The van der Waals surface area contributed by atoms with E-state index >= 15 is 0 Å². The summed E-state index contributed by atoms with van der Waals surface area (Å²) in [7, 11) is 0. The maximum absolute atomic E-state index is 10.9. The molecule has 1 aromatic rings. The second-order valence-electron chi connectivity index (χ2n) is 4.99. The number of benzene rings is 1. The fourth-order valence-corrected chi connectivity index (χ4v) is 1.69. The van der Waals surface area contributed by atoms with Gasteiger partial charge in [-0.3, -0.25) is 4.79 Å². The van der Waals surface area contributed by atoms with Crippen molar-refractivity contribution in [2.75, 3.05) is 6.54 Å². The van der Waals surface area contributed by atoms with Crippen LogP contribution in [-0.4, -0.2) is 29.9 Å². The summed E-state index contributed by atoms with van der Waals surface area (Å²) in [5.41, 5.74) is 0.846. The predicted molar refractivity (Wildman–Crippen MR) is 78.4 cm³/mol. The molecule has 0 bridgehead atoms. The molecule has 5 nitrogen and oxygen atoms in total. The molecule has 1 rings (SSSR count). The first kappa shape index (κ1) is 16.5. The van der Waals surface area contributed by atoms with Crippen LogP contribution in [0.2, 0.25) is 0 Å². The molecule has 3 N–H and O–H groups in total. The highest BCUT2D eigenvalue weighted by Crippen LogP contribution is 2.19. The van der Waals surface area contributed by atoms with Gasteiger partial charge in [-0.2, -0.15) is 0 Å². The van der Waals surface area contributed by atoms with Gasteiger partial charge in [0, 0.05) is 38.0 Å². The first-order valence-electron chi connectivity index (χ1n) is 6.89. The number of ether oxygens (including phenoxy) is 1. The Hall–Kier alpha value is -1.59. The zero-order valence-corrected chi connectivity index (χ0v) is 12.3. The molecule has 0 fully saturated rings. The molecule has 1 unspecified atom stereocenters. The van der Waals surface area contributed by atoms with E-state index in [2.05, 4.69) is 24.5 Å². The van der Waals surface area contributed by atoms with Crippen LogP contribution in [0.5, 0.6) is 5.75 Å². The standard InChI is InChI=1S/C15H24N2O3/c1-11(2)16-9-8-15(19)20-14-7-5-4-6-13(14)10-17-12(3)18/h4-7,11,15-16,19H,8-10H2,1-3H3,(H,17,18). The number of rotatable bonds is 8. The molecule has 0 heterocycles. The van der Waals surface area contributed by atoms with E-state index in [1.807, 2.05) is 18.2 Å². The Morgan fingerprint density at radius 3 is 2.70 bits per heavy atom. The number of para-hydroxylation sites is 1. The van der Waals surface area contributed by atoms with Crippen molar-refractivity contribution in [1.82, 2.24) is 10.6 Å². The van der Waals surface area contributed by atoms with E-state index in [0.29, 0.717) is 31.3 Å². The van der Waals surface area contributed by atoms with E-state index in [0.717, 1.165) is 5.56 Å². The first-order chi connectivity index (χ1) is 9.49. The SMILES string of the molecule is CC(=O)NCc1ccccc1OC(O)CCNC(C)C. The van der Waals surface area contributed by atoms with Crippen LogP contribution in [0.4, 0.5) is 0 Å². The molecule has 20 heavy (non-hydrogen) atoms. The van der Waals surface area contributed by atoms with Gasteiger partial charge in [0.25, 0.3) is 0 Å². The van der Waals surface area contributed by atoms with Crippen LogP contribution < -0.4 is 15.4 Å². The van der Waals surface area contributed by atoms with Crippen LogP contribution in [0.1, 0.15) is 32.8 Å². The van der Waals surface area contributed by atoms with Crippen molar-refractivity contribution in [3.8, 4) is 5.75 Å². The molecule has 0 aromatic heterocycles. The number of carbonyl (C=O) groups is 1. The smallest absolute Gasteiger partial charge is 0.217 e. The number of hydrogen-bond acceptors (Lipinski definition) is 4. The monoisotopic (exact) mass is 280 g/mol. The van der Waals surface area contributed by atoms with E-state index < -0.39 is 6.29 Å². The minimum atomic E-state index is -0.861. The summed E-state index contributed by atoms with van der Waals surface area (Å²) >= 11 is 0. The van der Waals surface area contributed by atoms with Crippen molar-refractivity contribution >= 4 is 5.91 Å². The lowest BCUT2D eigenvalue weighted by atomic mass is 10.2. The second kappa shape index (κ2) is 8.55. The Balaban J connectivity index is 2.51. The lowest BCUT2D eigenvalue weighted by molar-refractivity contribution is -0.119. The third-order valence-electron chi connectivity index (χ3n) is 2.71. The summed E-state index contributed by atoms with van der Waals surface area (Å²) < 4.78 is 5.52. The number of aliphatic hydroxyl groups excluding tert-OH is 1. The fraction of sp³-hybridized carbons (Fsp3) is 0.533. The topological polar surface area (TPSA) is 70.6 Å². The van der Waals surface area contributed by atoms with Crippen LogP contribution in [0.25, 0.3) is 0 Å². The normalized spacial score (nSPS) is 12.2. The summed E-state index contributed by atoms with van der Waals surface area (Å²) in [5, 5.41) is 15.8. The summed E-state index contributed by atoms with van der Waals surface area (Å²) in [6.45, 7) is 6.65. The van der Waals surface area contributed by atoms with Gasteiger partial charge in [-0.05, 0) is 6.07 Å². The zero-order valence-electron chi connectivity index (χ0n) is 12.3. The highest BCUT2D eigenvalue weighted by molar-refractivity contribution is 5.72. The van der Waals surface area contributed by atoms with Gasteiger partial charge in [-0.15, -0.1) is 0 Å². The molecule has 0 saturated heterocycles. The fourth-order valence-electron chi connectivity index (χ4n) is 1.69. The van der Waals surface area contributed by atoms with E-state index in [4.69, 9.17) is 4.74 Å². The molecule has 0 aliphatic heterocycles. The molecule has 5 heteroatoms. The maximum atomic E-state index is 10.9. The first-order valence-corrected chi connectivity index (χ1v) is 6.89. The Morgan fingerprint density at radius 1 is 1.35 bits per heavy atom. The van der Waals surface area contributed by atoms with Crippen molar-refractivity contribution in [1.29, 1.82) is 0 Å². The van der Waals surface area contributed by atoms with Gasteiger partial charge < -0.3 is 20.5 Å². The quantitative estimate of drug-likeness (QED) is 0.630. The third-order valence-corrected chi connectivity index (χ3v) is 2.71. The summed E-state index contributed by atoms with van der Waals surface area (Å²) in [6.07, 6.45) is -0.355. The Kier molecular flexibility index (Phi) is 7.04. The number of carbonyl (C=O) groups excluding carboxylic acids is 1. The molecule has 0 aliphatic carbocycles. The molecular weight excluding hydrogens is 256 g/mol. The van der Waals surface area contributed by atoms with Gasteiger partial charge in [0.1, 0.15) is 5.75 Å². The lowest BCUT2D eigenvalue weighted by Crippen LogP contribution is -2.29.